The highest BCUT2D eigenvalue weighted by Gasteiger charge is 2.41. The first-order chi connectivity index (χ1) is 21.9. The highest BCUT2D eigenvalue weighted by molar-refractivity contribution is 5.93. The molecule has 0 radical (unpaired) electrons. The number of carbonyl (C=O) groups excluding carboxylic acids is 6. The Morgan fingerprint density at radius 2 is 1.39 bits per heavy atom. The molecule has 0 spiro atoms. The van der Waals surface area contributed by atoms with Crippen molar-refractivity contribution >= 4 is 35.3 Å². The third kappa shape index (κ3) is 15.9. The Morgan fingerprint density at radius 3 is 2.04 bits per heavy atom. The maximum Gasteiger partial charge on any atom is 0.246 e. The molecule has 14 heteroatoms. The van der Waals surface area contributed by atoms with Gasteiger partial charge in [0.15, 0.2) is 5.78 Å². The first-order valence-corrected chi connectivity index (χ1v) is 15.6. The van der Waals surface area contributed by atoms with Gasteiger partial charge in [-0.15, -0.1) is 0 Å². The second-order valence-corrected chi connectivity index (χ2v) is 12.0. The quantitative estimate of drug-likeness (QED) is 0.0851. The lowest BCUT2D eigenvalue weighted by atomic mass is 9.86. The lowest BCUT2D eigenvalue weighted by Crippen LogP contribution is -2.52. The van der Waals surface area contributed by atoms with E-state index in [0.717, 1.165) is 24.8 Å². The van der Waals surface area contributed by atoms with Crippen LogP contribution < -0.4 is 26.6 Å². The topological polar surface area (TPSA) is 190 Å². The summed E-state index contributed by atoms with van der Waals surface area (Å²) >= 11 is 0. The second kappa shape index (κ2) is 20.3. The summed E-state index contributed by atoms with van der Waals surface area (Å²) in [6, 6.07) is 7.93. The van der Waals surface area contributed by atoms with E-state index in [1.165, 1.54) is 0 Å². The minimum absolute atomic E-state index is 0.0213. The van der Waals surface area contributed by atoms with Crippen LogP contribution in [0.2, 0.25) is 0 Å². The zero-order chi connectivity index (χ0) is 34.0. The van der Waals surface area contributed by atoms with Crippen LogP contribution in [0, 0.1) is 11.3 Å². The average molecular weight is 648 g/mol. The predicted molar refractivity (Wildman–Crippen MR) is 168 cm³/mol. The number of hydrogen-bond donors (Lipinski definition) is 5. The van der Waals surface area contributed by atoms with Gasteiger partial charge in [-0.2, -0.15) is 0 Å². The van der Waals surface area contributed by atoms with Gasteiger partial charge in [0.05, 0.1) is 32.8 Å². The van der Waals surface area contributed by atoms with E-state index in [1.807, 2.05) is 33.8 Å². The zero-order valence-corrected chi connectivity index (χ0v) is 27.3. The molecule has 2 rings (SSSR count). The summed E-state index contributed by atoms with van der Waals surface area (Å²) in [7, 11) is 0. The number of ketones is 1. The van der Waals surface area contributed by atoms with E-state index < -0.39 is 53.6 Å². The lowest BCUT2D eigenvalue weighted by Gasteiger charge is -2.25. The minimum atomic E-state index is -1.04. The Labute approximate surface area is 270 Å². The van der Waals surface area contributed by atoms with E-state index in [4.69, 9.17) is 14.2 Å². The van der Waals surface area contributed by atoms with Crippen molar-refractivity contribution in [3.05, 3.63) is 35.9 Å². The van der Waals surface area contributed by atoms with Gasteiger partial charge in [-0.1, -0.05) is 58.0 Å². The first-order valence-electron chi connectivity index (χ1n) is 15.6. The third-order valence-electron chi connectivity index (χ3n) is 6.78. The monoisotopic (exact) mass is 647 g/mol. The molecule has 5 amide bonds. The molecule has 14 nitrogen and oxygen atoms in total. The van der Waals surface area contributed by atoms with Gasteiger partial charge in [0.25, 0.3) is 0 Å². The fraction of sp³-hybridized carbons (Fsp3) is 0.625. The molecule has 1 aliphatic carbocycles. The van der Waals surface area contributed by atoms with E-state index in [-0.39, 0.29) is 51.2 Å². The van der Waals surface area contributed by atoms with Gasteiger partial charge in [-0.05, 0) is 30.7 Å². The molecule has 0 bridgehead atoms. The second-order valence-electron chi connectivity index (χ2n) is 12.0. The van der Waals surface area contributed by atoms with Gasteiger partial charge in [-0.3, -0.25) is 28.8 Å². The van der Waals surface area contributed by atoms with E-state index in [1.54, 1.807) is 24.3 Å². The van der Waals surface area contributed by atoms with Crippen molar-refractivity contribution in [2.75, 3.05) is 52.8 Å². The highest BCUT2D eigenvalue weighted by Crippen LogP contribution is 2.37. The Morgan fingerprint density at radius 1 is 0.783 bits per heavy atom. The van der Waals surface area contributed by atoms with Crippen molar-refractivity contribution in [2.45, 2.75) is 65.5 Å². The number of hydrogen-bond acceptors (Lipinski definition) is 9. The molecule has 1 saturated carbocycles. The van der Waals surface area contributed by atoms with Gasteiger partial charge in [0.1, 0.15) is 25.5 Å². The van der Waals surface area contributed by atoms with Gasteiger partial charge in [0.2, 0.25) is 29.5 Å². The van der Waals surface area contributed by atoms with E-state index >= 15 is 0 Å². The molecule has 256 valence electrons. The molecule has 0 unspecified atom stereocenters. The summed E-state index contributed by atoms with van der Waals surface area (Å²) in [5.41, 5.74) is 0.197. The molecule has 1 aromatic rings. The number of Topliss-reactive ketones (excluding diaryl/α,β-unsaturated/α-hetero) is 1. The molecule has 46 heavy (non-hydrogen) atoms. The number of benzene rings is 1. The number of ether oxygens (including phenoxy) is 3. The highest BCUT2D eigenvalue weighted by atomic mass is 16.5. The van der Waals surface area contributed by atoms with Crippen LogP contribution in [0.25, 0.3) is 0 Å². The maximum atomic E-state index is 13.0. The number of nitrogens with one attached hydrogen (secondary N) is 5. The summed E-state index contributed by atoms with van der Waals surface area (Å²) in [5, 5.41) is 12.4. The van der Waals surface area contributed by atoms with Gasteiger partial charge < -0.3 is 40.8 Å². The van der Waals surface area contributed by atoms with Crippen molar-refractivity contribution in [3.8, 4) is 0 Å². The molecule has 0 aliphatic heterocycles. The SMILES string of the molecule is CCCOCCOCC(=O)NCC(=O)NCC(=O)N[C@@H](Cc1ccccc1)C(=O)NCC(=O)NCO[C@H](C(=O)C(C)(C)C)C1CC1. The Bertz CT molecular complexity index is 1150. The normalized spacial score (nSPS) is 14.0. The van der Waals surface area contributed by atoms with Crippen LogP contribution in [0.3, 0.4) is 0 Å². The fourth-order valence-electron chi connectivity index (χ4n) is 4.12. The van der Waals surface area contributed by atoms with Crippen LogP contribution in [0.4, 0.5) is 0 Å². The first kappa shape index (κ1) is 38.3. The van der Waals surface area contributed by atoms with Crippen LogP contribution in [0.1, 0.15) is 52.5 Å². The summed E-state index contributed by atoms with van der Waals surface area (Å²) in [5.74, 6) is -2.75. The zero-order valence-electron chi connectivity index (χ0n) is 27.3. The van der Waals surface area contributed by atoms with Crippen molar-refractivity contribution in [3.63, 3.8) is 0 Å². The average Bonchev–Trinajstić information content (AvgIpc) is 3.86. The van der Waals surface area contributed by atoms with Gasteiger partial charge in [-0.25, -0.2) is 0 Å². The molecule has 1 aromatic carbocycles. The molecule has 1 fully saturated rings. The summed E-state index contributed by atoms with van der Waals surface area (Å²) in [6.45, 7) is 7.09. The third-order valence-corrected chi connectivity index (χ3v) is 6.78. The molecule has 0 heterocycles. The van der Waals surface area contributed by atoms with Crippen LogP contribution in [0.15, 0.2) is 30.3 Å². The standard InChI is InChI=1S/C32H49N5O9/c1-5-13-44-14-15-45-20-28(41)34-17-25(38)33-19-27(40)37-24(16-22-9-7-6-8-10-22)31(43)35-18-26(39)36-21-46-29(23-11-12-23)30(42)32(2,3)4/h6-10,23-24,29H,5,11-21H2,1-4H3,(H,33,38)(H,34,41)(H,35,43)(H,36,39)(H,37,40)/t24-,29-/m0/s1. The lowest BCUT2D eigenvalue weighted by molar-refractivity contribution is -0.142. The van der Waals surface area contributed by atoms with Gasteiger partial charge in [0, 0.05) is 18.4 Å². The molecular formula is C32H49N5O9. The van der Waals surface area contributed by atoms with Crippen LogP contribution in [-0.2, 0) is 49.4 Å². The number of rotatable bonds is 22. The molecule has 1 aliphatic rings. The fourth-order valence-corrected chi connectivity index (χ4v) is 4.12. The maximum absolute atomic E-state index is 13.0. The van der Waals surface area contributed by atoms with Crippen molar-refractivity contribution in [1.82, 2.24) is 26.6 Å². The molecule has 0 aromatic heterocycles. The van der Waals surface area contributed by atoms with Crippen molar-refractivity contribution in [2.24, 2.45) is 11.3 Å². The molecule has 5 N–H and O–H groups in total. The van der Waals surface area contributed by atoms with E-state index in [2.05, 4.69) is 26.6 Å². The van der Waals surface area contributed by atoms with Crippen LogP contribution in [0.5, 0.6) is 0 Å². The number of amides is 5. The van der Waals surface area contributed by atoms with Crippen molar-refractivity contribution < 1.29 is 43.0 Å². The Kier molecular flexibility index (Phi) is 16.9. The molecule has 0 saturated heterocycles. The largest absolute Gasteiger partial charge is 0.379 e. The summed E-state index contributed by atoms with van der Waals surface area (Å²) < 4.78 is 16.1. The predicted octanol–water partition coefficient (Wildman–Crippen LogP) is -0.0102. The summed E-state index contributed by atoms with van der Waals surface area (Å²) in [4.78, 5) is 74.7. The summed E-state index contributed by atoms with van der Waals surface area (Å²) in [6.07, 6.45) is 2.22. The van der Waals surface area contributed by atoms with E-state index in [9.17, 15) is 28.8 Å². The van der Waals surface area contributed by atoms with Crippen molar-refractivity contribution in [1.29, 1.82) is 0 Å². The van der Waals surface area contributed by atoms with E-state index in [0.29, 0.717) is 13.2 Å². The minimum Gasteiger partial charge on any atom is -0.379 e. The van der Waals surface area contributed by atoms with Gasteiger partial charge >= 0.3 is 0 Å². The molecule has 2 atom stereocenters. The Balaban J connectivity index is 1.77. The smallest absolute Gasteiger partial charge is 0.246 e. The van der Waals surface area contributed by atoms with Crippen LogP contribution >= 0.6 is 0 Å². The number of carbonyl (C=O) groups is 6. The Hall–Kier alpha value is -3.88. The van der Waals surface area contributed by atoms with Crippen LogP contribution in [-0.4, -0.2) is 100 Å². The molecular weight excluding hydrogens is 598 g/mol.